The predicted octanol–water partition coefficient (Wildman–Crippen LogP) is 4.33. The highest BCUT2D eigenvalue weighted by molar-refractivity contribution is 5.76. The number of carboxylic acid groups (broad SMARTS) is 1. The Hall–Kier alpha value is -3.64. The molecule has 0 atom stereocenters. The van der Waals surface area contributed by atoms with Crippen molar-refractivity contribution < 1.29 is 29.3 Å². The molecule has 0 aliphatic heterocycles. The molecule has 0 bridgehead atoms. The van der Waals surface area contributed by atoms with E-state index in [4.69, 9.17) is 19.7 Å². The lowest BCUT2D eigenvalue weighted by atomic mass is 10.0. The van der Waals surface area contributed by atoms with E-state index in [1.165, 1.54) is 0 Å². The summed E-state index contributed by atoms with van der Waals surface area (Å²) in [6, 6.07) is 23.0. The SMILES string of the molecule is O=C(O)CCC(=O)OCc1cccc(COc2ccc(-c3ccc(CO)cc3)cc2)c1. The summed E-state index contributed by atoms with van der Waals surface area (Å²) in [6.45, 7) is 0.489. The topological polar surface area (TPSA) is 93.1 Å². The Morgan fingerprint density at radius 3 is 1.97 bits per heavy atom. The van der Waals surface area contributed by atoms with Gasteiger partial charge in [0, 0.05) is 0 Å². The second kappa shape index (κ2) is 10.9. The number of carbonyl (C=O) groups excluding carboxylic acids is 1. The summed E-state index contributed by atoms with van der Waals surface area (Å²) < 4.78 is 11.0. The van der Waals surface area contributed by atoms with E-state index in [9.17, 15) is 9.59 Å². The minimum absolute atomic E-state index is 0.0292. The van der Waals surface area contributed by atoms with E-state index in [1.807, 2.05) is 72.8 Å². The molecule has 0 heterocycles. The van der Waals surface area contributed by atoms with Gasteiger partial charge in [0.1, 0.15) is 19.0 Å². The quantitative estimate of drug-likeness (QED) is 0.474. The number of ether oxygens (including phenoxy) is 2. The molecule has 3 rings (SSSR count). The second-order valence-corrected chi connectivity index (χ2v) is 7.04. The van der Waals surface area contributed by atoms with Gasteiger partial charge in [-0.05, 0) is 46.0 Å². The molecule has 0 saturated heterocycles. The van der Waals surface area contributed by atoms with Crippen molar-refractivity contribution in [1.82, 2.24) is 0 Å². The van der Waals surface area contributed by atoms with Crippen LogP contribution in [0.15, 0.2) is 72.8 Å². The van der Waals surface area contributed by atoms with Gasteiger partial charge in [-0.1, -0.05) is 54.6 Å². The third-order valence-electron chi connectivity index (χ3n) is 4.66. The van der Waals surface area contributed by atoms with Gasteiger partial charge < -0.3 is 19.7 Å². The Labute approximate surface area is 180 Å². The van der Waals surface area contributed by atoms with Crippen molar-refractivity contribution in [3.63, 3.8) is 0 Å². The summed E-state index contributed by atoms with van der Waals surface area (Å²) in [6.07, 6.45) is -0.376. The average molecular weight is 420 g/mol. The van der Waals surface area contributed by atoms with Crippen molar-refractivity contribution in [3.8, 4) is 16.9 Å². The van der Waals surface area contributed by atoms with Crippen LogP contribution in [0.1, 0.15) is 29.5 Å². The monoisotopic (exact) mass is 420 g/mol. The molecule has 0 unspecified atom stereocenters. The van der Waals surface area contributed by atoms with E-state index in [-0.39, 0.29) is 26.1 Å². The fraction of sp³-hybridized carbons (Fsp3) is 0.200. The largest absolute Gasteiger partial charge is 0.489 e. The molecule has 0 radical (unpaired) electrons. The molecule has 0 spiro atoms. The maximum Gasteiger partial charge on any atom is 0.306 e. The van der Waals surface area contributed by atoms with Crippen LogP contribution < -0.4 is 4.74 Å². The molecule has 3 aromatic rings. The molecule has 31 heavy (non-hydrogen) atoms. The molecule has 0 aliphatic rings. The van der Waals surface area contributed by atoms with Crippen LogP contribution in [0.2, 0.25) is 0 Å². The minimum atomic E-state index is -1.02. The highest BCUT2D eigenvalue weighted by atomic mass is 16.5. The second-order valence-electron chi connectivity index (χ2n) is 7.04. The van der Waals surface area contributed by atoms with E-state index < -0.39 is 11.9 Å². The van der Waals surface area contributed by atoms with E-state index in [0.29, 0.717) is 6.61 Å². The van der Waals surface area contributed by atoms with Crippen molar-refractivity contribution >= 4 is 11.9 Å². The number of esters is 1. The fourth-order valence-electron chi connectivity index (χ4n) is 2.97. The molecule has 0 fully saturated rings. The predicted molar refractivity (Wildman–Crippen MR) is 115 cm³/mol. The Kier molecular flexibility index (Phi) is 7.79. The minimum Gasteiger partial charge on any atom is -0.489 e. The number of aliphatic carboxylic acids is 1. The third kappa shape index (κ3) is 6.97. The van der Waals surface area contributed by atoms with Crippen molar-refractivity contribution in [2.45, 2.75) is 32.7 Å². The van der Waals surface area contributed by atoms with Gasteiger partial charge in [-0.25, -0.2) is 0 Å². The first-order valence-corrected chi connectivity index (χ1v) is 9.92. The number of hydrogen-bond donors (Lipinski definition) is 2. The first-order chi connectivity index (χ1) is 15.0. The van der Waals surface area contributed by atoms with Gasteiger partial charge in [-0.3, -0.25) is 9.59 Å². The summed E-state index contributed by atoms with van der Waals surface area (Å²) in [5.41, 5.74) is 4.74. The summed E-state index contributed by atoms with van der Waals surface area (Å²) in [4.78, 5) is 22.1. The van der Waals surface area contributed by atoms with Crippen molar-refractivity contribution in [3.05, 3.63) is 89.5 Å². The molecular formula is C25H24O6. The molecule has 6 nitrogen and oxygen atoms in total. The molecule has 0 saturated carbocycles. The standard InChI is InChI=1S/C25H24O6/c26-15-18-4-6-21(7-5-18)22-8-10-23(11-9-22)30-16-19-2-1-3-20(14-19)17-31-25(29)13-12-24(27)28/h1-11,14,26H,12-13,15-17H2,(H,27,28). The first kappa shape index (κ1) is 22.1. The highest BCUT2D eigenvalue weighted by Gasteiger charge is 2.07. The van der Waals surface area contributed by atoms with Crippen molar-refractivity contribution in [2.24, 2.45) is 0 Å². The fourth-order valence-corrected chi connectivity index (χ4v) is 2.97. The smallest absolute Gasteiger partial charge is 0.306 e. The van der Waals surface area contributed by atoms with Crippen molar-refractivity contribution in [2.75, 3.05) is 0 Å². The lowest BCUT2D eigenvalue weighted by molar-refractivity contribution is -0.148. The Bertz CT molecular complexity index is 1010. The zero-order chi connectivity index (χ0) is 22.1. The summed E-state index contributed by atoms with van der Waals surface area (Å²) in [7, 11) is 0. The third-order valence-corrected chi connectivity index (χ3v) is 4.66. The van der Waals surface area contributed by atoms with Crippen LogP contribution in [0.25, 0.3) is 11.1 Å². The van der Waals surface area contributed by atoms with Gasteiger partial charge in [0.2, 0.25) is 0 Å². The van der Waals surface area contributed by atoms with Gasteiger partial charge in [-0.15, -0.1) is 0 Å². The van der Waals surface area contributed by atoms with Crippen LogP contribution in [0.5, 0.6) is 5.75 Å². The first-order valence-electron chi connectivity index (χ1n) is 9.92. The van der Waals surface area contributed by atoms with Crippen molar-refractivity contribution in [1.29, 1.82) is 0 Å². The molecular weight excluding hydrogens is 396 g/mol. The number of carbonyl (C=O) groups is 2. The number of benzene rings is 3. The summed E-state index contributed by atoms with van der Waals surface area (Å²) >= 11 is 0. The van der Waals surface area contributed by atoms with E-state index in [1.54, 1.807) is 0 Å². The molecule has 2 N–H and O–H groups in total. The van der Waals surface area contributed by atoms with E-state index >= 15 is 0 Å². The number of carboxylic acids is 1. The Morgan fingerprint density at radius 1 is 0.742 bits per heavy atom. The number of aliphatic hydroxyl groups excluding tert-OH is 1. The molecule has 0 aromatic heterocycles. The molecule has 0 aliphatic carbocycles. The van der Waals surface area contributed by atoms with Gasteiger partial charge in [0.25, 0.3) is 0 Å². The normalized spacial score (nSPS) is 10.5. The summed E-state index contributed by atoms with van der Waals surface area (Å²) in [5, 5.41) is 17.7. The maximum absolute atomic E-state index is 11.6. The molecule has 3 aromatic carbocycles. The van der Waals surface area contributed by atoms with Crippen LogP contribution >= 0.6 is 0 Å². The van der Waals surface area contributed by atoms with Crippen LogP contribution in [0.3, 0.4) is 0 Å². The van der Waals surface area contributed by atoms with Gasteiger partial charge in [0.05, 0.1) is 19.4 Å². The molecule has 0 amide bonds. The average Bonchev–Trinajstić information content (AvgIpc) is 2.81. The molecule has 160 valence electrons. The van der Waals surface area contributed by atoms with Crippen LogP contribution in [-0.4, -0.2) is 22.2 Å². The summed E-state index contributed by atoms with van der Waals surface area (Å²) in [5.74, 6) is -0.819. The Balaban J connectivity index is 1.52. The van der Waals surface area contributed by atoms with E-state index in [2.05, 4.69) is 0 Å². The lowest BCUT2D eigenvalue weighted by Crippen LogP contribution is -2.07. The zero-order valence-electron chi connectivity index (χ0n) is 17.0. The van der Waals surface area contributed by atoms with Crippen LogP contribution in [0.4, 0.5) is 0 Å². The number of hydrogen-bond acceptors (Lipinski definition) is 5. The zero-order valence-corrected chi connectivity index (χ0v) is 17.0. The van der Waals surface area contributed by atoms with Crippen LogP contribution in [0, 0.1) is 0 Å². The van der Waals surface area contributed by atoms with Gasteiger partial charge in [-0.2, -0.15) is 0 Å². The van der Waals surface area contributed by atoms with Crippen LogP contribution in [-0.2, 0) is 34.1 Å². The highest BCUT2D eigenvalue weighted by Crippen LogP contribution is 2.23. The van der Waals surface area contributed by atoms with Gasteiger partial charge >= 0.3 is 11.9 Å². The Morgan fingerprint density at radius 2 is 1.35 bits per heavy atom. The number of aliphatic hydroxyl groups is 1. The lowest BCUT2D eigenvalue weighted by Gasteiger charge is -2.10. The van der Waals surface area contributed by atoms with E-state index in [0.717, 1.165) is 33.6 Å². The van der Waals surface area contributed by atoms with Gasteiger partial charge in [0.15, 0.2) is 0 Å². The molecule has 6 heteroatoms. The number of rotatable bonds is 10. The maximum atomic E-state index is 11.6.